The van der Waals surface area contributed by atoms with Crippen LogP contribution in [0.2, 0.25) is 0 Å². The lowest BCUT2D eigenvalue weighted by Gasteiger charge is -2.26. The molecule has 0 heterocycles. The molecule has 130 valence electrons. The molecule has 2 N–H and O–H groups in total. The zero-order valence-electron chi connectivity index (χ0n) is 14.8. The molecule has 0 fully saturated rings. The second kappa shape index (κ2) is 11.1. The largest absolute Gasteiger partial charge is 0.497 e. The summed E-state index contributed by atoms with van der Waals surface area (Å²) in [6.45, 7) is 7.82. The van der Waals surface area contributed by atoms with Crippen LogP contribution in [0.25, 0.3) is 0 Å². The van der Waals surface area contributed by atoms with E-state index in [4.69, 9.17) is 9.47 Å². The second-order valence-corrected chi connectivity index (χ2v) is 5.89. The molecule has 4 heteroatoms. The first-order chi connectivity index (χ1) is 11.1. The Labute approximate surface area is 140 Å². The summed E-state index contributed by atoms with van der Waals surface area (Å²) < 4.78 is 10.8. The first kappa shape index (κ1) is 19.5. The Morgan fingerprint density at radius 2 is 2.00 bits per heavy atom. The quantitative estimate of drug-likeness (QED) is 0.480. The predicted octanol–water partition coefficient (Wildman–Crippen LogP) is 3.87. The Hall–Kier alpha value is -1.52. The minimum absolute atomic E-state index is 0.0724. The van der Waals surface area contributed by atoms with Crippen molar-refractivity contribution >= 4 is 5.69 Å². The van der Waals surface area contributed by atoms with Gasteiger partial charge in [0.2, 0.25) is 0 Å². The molecule has 0 spiro atoms. The van der Waals surface area contributed by atoms with Crippen molar-refractivity contribution in [3.63, 3.8) is 0 Å². The lowest BCUT2D eigenvalue weighted by atomic mass is 9.95. The molecule has 0 aromatic heterocycles. The Morgan fingerprint density at radius 3 is 2.57 bits per heavy atom. The van der Waals surface area contributed by atoms with Gasteiger partial charge in [-0.15, -0.1) is 0 Å². The molecule has 0 amide bonds. The van der Waals surface area contributed by atoms with Gasteiger partial charge in [-0.3, -0.25) is 0 Å². The molecule has 0 aliphatic rings. The second-order valence-electron chi connectivity index (χ2n) is 5.89. The van der Waals surface area contributed by atoms with Crippen LogP contribution < -0.4 is 10.1 Å². The number of nitrogens with one attached hydrogen (secondary N) is 1. The minimum Gasteiger partial charge on any atom is -0.497 e. The standard InChI is InChI=1S/C19H31NO3/c1-5-6-12-23-13-11-15(2)19(16(3)14-21)20-17-7-9-18(22-4)10-8-17/h7-11,16,19-21H,5-6,12-14H2,1-4H3/b15-11+/t16-,19+/m0/s1. The van der Waals surface area contributed by atoms with Crippen LogP contribution in [0.1, 0.15) is 33.6 Å². The SMILES string of the molecule is CCCCOC/C=C(\C)[C@@H](Nc1ccc(OC)cc1)[C@@H](C)CO. The molecule has 0 aliphatic carbocycles. The van der Waals surface area contributed by atoms with Gasteiger partial charge in [-0.25, -0.2) is 0 Å². The van der Waals surface area contributed by atoms with E-state index in [1.54, 1.807) is 7.11 Å². The molecule has 0 unspecified atom stereocenters. The van der Waals surface area contributed by atoms with Crippen molar-refractivity contribution in [1.82, 2.24) is 0 Å². The third-order valence-electron chi connectivity index (χ3n) is 3.93. The first-order valence-corrected chi connectivity index (χ1v) is 8.38. The maximum absolute atomic E-state index is 9.54. The molecule has 23 heavy (non-hydrogen) atoms. The molecular weight excluding hydrogens is 290 g/mol. The first-order valence-electron chi connectivity index (χ1n) is 8.38. The molecule has 0 saturated heterocycles. The maximum Gasteiger partial charge on any atom is 0.119 e. The highest BCUT2D eigenvalue weighted by atomic mass is 16.5. The van der Waals surface area contributed by atoms with Crippen LogP contribution in [-0.4, -0.2) is 38.1 Å². The number of anilines is 1. The molecule has 0 bridgehead atoms. The van der Waals surface area contributed by atoms with Crippen molar-refractivity contribution in [3.8, 4) is 5.75 Å². The number of aliphatic hydroxyl groups is 1. The highest BCUT2D eigenvalue weighted by Gasteiger charge is 2.18. The van der Waals surface area contributed by atoms with Gasteiger partial charge >= 0.3 is 0 Å². The smallest absolute Gasteiger partial charge is 0.119 e. The lowest BCUT2D eigenvalue weighted by Crippen LogP contribution is -2.31. The Kier molecular flexibility index (Phi) is 9.41. The predicted molar refractivity (Wildman–Crippen MR) is 96.1 cm³/mol. The van der Waals surface area contributed by atoms with E-state index in [0.29, 0.717) is 6.61 Å². The Balaban J connectivity index is 2.68. The van der Waals surface area contributed by atoms with Crippen LogP contribution in [0.5, 0.6) is 5.75 Å². The number of unbranched alkanes of at least 4 members (excludes halogenated alkanes) is 1. The van der Waals surface area contributed by atoms with Gasteiger partial charge in [0.25, 0.3) is 0 Å². The lowest BCUT2D eigenvalue weighted by molar-refractivity contribution is 0.158. The van der Waals surface area contributed by atoms with E-state index >= 15 is 0 Å². The third-order valence-corrected chi connectivity index (χ3v) is 3.93. The zero-order valence-corrected chi connectivity index (χ0v) is 14.8. The van der Waals surface area contributed by atoms with Crippen molar-refractivity contribution < 1.29 is 14.6 Å². The minimum atomic E-state index is 0.0724. The molecule has 2 atom stereocenters. The van der Waals surface area contributed by atoms with Gasteiger partial charge in [0, 0.05) is 24.8 Å². The highest BCUT2D eigenvalue weighted by molar-refractivity contribution is 5.48. The molecule has 0 saturated carbocycles. The number of ether oxygens (including phenoxy) is 2. The summed E-state index contributed by atoms with van der Waals surface area (Å²) in [5.41, 5.74) is 2.19. The summed E-state index contributed by atoms with van der Waals surface area (Å²) in [7, 11) is 1.66. The summed E-state index contributed by atoms with van der Waals surface area (Å²) in [6.07, 6.45) is 4.34. The molecular formula is C19H31NO3. The molecule has 1 aromatic rings. The van der Waals surface area contributed by atoms with Gasteiger partial charge in [0.15, 0.2) is 0 Å². The van der Waals surface area contributed by atoms with Gasteiger partial charge in [-0.1, -0.05) is 31.9 Å². The maximum atomic E-state index is 9.54. The fourth-order valence-electron chi connectivity index (χ4n) is 2.32. The zero-order chi connectivity index (χ0) is 17.1. The van der Waals surface area contributed by atoms with E-state index in [1.807, 2.05) is 31.2 Å². The van der Waals surface area contributed by atoms with Crippen molar-refractivity contribution in [3.05, 3.63) is 35.9 Å². The van der Waals surface area contributed by atoms with Crippen LogP contribution in [0.4, 0.5) is 5.69 Å². The third kappa shape index (κ3) is 7.06. The van der Waals surface area contributed by atoms with Crippen molar-refractivity contribution in [2.45, 2.75) is 39.7 Å². The van der Waals surface area contributed by atoms with E-state index in [1.165, 1.54) is 5.57 Å². The van der Waals surface area contributed by atoms with Gasteiger partial charge < -0.3 is 19.9 Å². The molecule has 0 radical (unpaired) electrons. The summed E-state index contributed by atoms with van der Waals surface area (Å²) in [5.74, 6) is 0.947. The number of rotatable bonds is 11. The molecule has 1 rings (SSSR count). The normalized spacial score (nSPS) is 14.4. The van der Waals surface area contributed by atoms with E-state index in [2.05, 4.69) is 25.2 Å². The van der Waals surface area contributed by atoms with Crippen LogP contribution in [0.15, 0.2) is 35.9 Å². The number of aliphatic hydroxyl groups excluding tert-OH is 1. The van der Waals surface area contributed by atoms with Crippen LogP contribution in [0, 0.1) is 5.92 Å². The summed E-state index contributed by atoms with van der Waals surface area (Å²) >= 11 is 0. The topological polar surface area (TPSA) is 50.7 Å². The average Bonchev–Trinajstić information content (AvgIpc) is 2.59. The monoisotopic (exact) mass is 321 g/mol. The highest BCUT2D eigenvalue weighted by Crippen LogP contribution is 2.21. The van der Waals surface area contributed by atoms with Crippen molar-refractivity contribution in [2.75, 3.05) is 32.2 Å². The number of hydrogen-bond donors (Lipinski definition) is 2. The molecule has 0 aliphatic heterocycles. The van der Waals surface area contributed by atoms with Gasteiger partial charge in [-0.05, 0) is 37.6 Å². The summed E-state index contributed by atoms with van der Waals surface area (Å²) in [4.78, 5) is 0. The van der Waals surface area contributed by atoms with Gasteiger partial charge in [-0.2, -0.15) is 0 Å². The van der Waals surface area contributed by atoms with Crippen LogP contribution in [-0.2, 0) is 4.74 Å². The van der Waals surface area contributed by atoms with Crippen molar-refractivity contribution in [2.24, 2.45) is 5.92 Å². The number of hydrogen-bond acceptors (Lipinski definition) is 4. The Morgan fingerprint density at radius 1 is 1.30 bits per heavy atom. The summed E-state index contributed by atoms with van der Waals surface area (Å²) in [5, 5.41) is 13.0. The van der Waals surface area contributed by atoms with Crippen LogP contribution in [0.3, 0.4) is 0 Å². The van der Waals surface area contributed by atoms with Crippen molar-refractivity contribution in [1.29, 1.82) is 0 Å². The molecule has 4 nitrogen and oxygen atoms in total. The number of benzene rings is 1. The van der Waals surface area contributed by atoms with E-state index < -0.39 is 0 Å². The van der Waals surface area contributed by atoms with E-state index in [-0.39, 0.29) is 18.6 Å². The van der Waals surface area contributed by atoms with Gasteiger partial charge in [0.1, 0.15) is 5.75 Å². The fraction of sp³-hybridized carbons (Fsp3) is 0.579. The molecule has 1 aromatic carbocycles. The van der Waals surface area contributed by atoms with Gasteiger partial charge in [0.05, 0.1) is 19.8 Å². The van der Waals surface area contributed by atoms with E-state index in [9.17, 15) is 5.11 Å². The van der Waals surface area contributed by atoms with Crippen LogP contribution >= 0.6 is 0 Å². The Bertz CT molecular complexity index is 456. The fourth-order valence-corrected chi connectivity index (χ4v) is 2.32. The van der Waals surface area contributed by atoms with E-state index in [0.717, 1.165) is 30.9 Å². The summed E-state index contributed by atoms with van der Waals surface area (Å²) in [6, 6.07) is 7.90. The average molecular weight is 321 g/mol. The number of methoxy groups -OCH3 is 1.